The molecule has 0 bridgehead atoms. The first-order valence-electron chi connectivity index (χ1n) is 8.38. The fourth-order valence-corrected chi connectivity index (χ4v) is 3.11. The second-order valence-corrected chi connectivity index (χ2v) is 5.96. The number of hydrogen-bond acceptors (Lipinski definition) is 5. The van der Waals surface area contributed by atoms with Gasteiger partial charge in [0.05, 0.1) is 14.2 Å². The molecule has 1 atom stereocenters. The Morgan fingerprint density at radius 3 is 2.54 bits per heavy atom. The highest BCUT2D eigenvalue weighted by atomic mass is 16.6. The molecule has 1 aliphatic rings. The number of fused-ring (bicyclic) bond motifs is 1. The van der Waals surface area contributed by atoms with E-state index in [4.69, 9.17) is 14.2 Å². The van der Waals surface area contributed by atoms with Gasteiger partial charge in [0.1, 0.15) is 5.56 Å². The maximum atomic E-state index is 12.7. The standard InChI is InChI=1S/C20H21NO5/c1-13(19(22)21-12-11-14-7-4-5-9-16(14)21)26-20(23)15-8-6-10-17(24-2)18(15)25-3/h4-10,13H,11-12H2,1-3H3/t13-/m1/s1. The number of nitrogens with zero attached hydrogens (tertiary/aromatic N) is 1. The van der Waals surface area contributed by atoms with Gasteiger partial charge in [-0.05, 0) is 37.1 Å². The molecule has 0 radical (unpaired) electrons. The fourth-order valence-electron chi connectivity index (χ4n) is 3.11. The first kappa shape index (κ1) is 17.8. The van der Waals surface area contributed by atoms with Crippen LogP contribution in [0.25, 0.3) is 0 Å². The third-order valence-electron chi connectivity index (χ3n) is 4.41. The Bertz CT molecular complexity index is 833. The quantitative estimate of drug-likeness (QED) is 0.772. The largest absolute Gasteiger partial charge is 0.493 e. The molecule has 0 aliphatic carbocycles. The van der Waals surface area contributed by atoms with Crippen LogP contribution in [-0.4, -0.2) is 38.7 Å². The molecule has 0 unspecified atom stereocenters. The number of carbonyl (C=O) groups is 2. The van der Waals surface area contributed by atoms with Crippen LogP contribution in [0.4, 0.5) is 5.69 Å². The zero-order valence-electron chi connectivity index (χ0n) is 15.0. The third-order valence-corrected chi connectivity index (χ3v) is 4.41. The predicted molar refractivity (Wildman–Crippen MR) is 96.9 cm³/mol. The molecular weight excluding hydrogens is 334 g/mol. The molecule has 0 aromatic heterocycles. The van der Waals surface area contributed by atoms with E-state index in [2.05, 4.69) is 0 Å². The minimum atomic E-state index is -0.912. The van der Waals surface area contributed by atoms with Crippen LogP contribution in [0, 0.1) is 0 Å². The molecule has 0 N–H and O–H groups in total. The molecule has 2 aromatic rings. The molecule has 2 aromatic carbocycles. The van der Waals surface area contributed by atoms with E-state index in [0.29, 0.717) is 12.3 Å². The van der Waals surface area contributed by atoms with Crippen molar-refractivity contribution in [3.8, 4) is 11.5 Å². The minimum Gasteiger partial charge on any atom is -0.493 e. The number of esters is 1. The molecule has 0 fully saturated rings. The highest BCUT2D eigenvalue weighted by Gasteiger charge is 2.30. The number of anilines is 1. The van der Waals surface area contributed by atoms with E-state index in [-0.39, 0.29) is 17.2 Å². The summed E-state index contributed by atoms with van der Waals surface area (Å²) in [7, 11) is 2.94. The molecule has 26 heavy (non-hydrogen) atoms. The molecule has 0 saturated heterocycles. The van der Waals surface area contributed by atoms with Crippen LogP contribution in [-0.2, 0) is 16.0 Å². The van der Waals surface area contributed by atoms with Crippen LogP contribution < -0.4 is 14.4 Å². The molecule has 1 amide bonds. The van der Waals surface area contributed by atoms with Crippen molar-refractivity contribution < 1.29 is 23.8 Å². The van der Waals surface area contributed by atoms with E-state index in [1.54, 1.807) is 30.0 Å². The van der Waals surface area contributed by atoms with Crippen molar-refractivity contribution in [1.82, 2.24) is 0 Å². The lowest BCUT2D eigenvalue weighted by atomic mass is 10.2. The maximum Gasteiger partial charge on any atom is 0.342 e. The van der Waals surface area contributed by atoms with E-state index in [0.717, 1.165) is 17.7 Å². The van der Waals surface area contributed by atoms with Crippen LogP contribution in [0.1, 0.15) is 22.8 Å². The van der Waals surface area contributed by atoms with Crippen LogP contribution in [0.5, 0.6) is 11.5 Å². The maximum absolute atomic E-state index is 12.7. The summed E-state index contributed by atoms with van der Waals surface area (Å²) in [6.45, 7) is 2.16. The van der Waals surface area contributed by atoms with Crippen LogP contribution in [0.2, 0.25) is 0 Å². The summed E-state index contributed by atoms with van der Waals surface area (Å²) in [6, 6.07) is 12.7. The van der Waals surface area contributed by atoms with Crippen LogP contribution >= 0.6 is 0 Å². The number of methoxy groups -OCH3 is 2. The topological polar surface area (TPSA) is 65.1 Å². The van der Waals surface area contributed by atoms with Crippen molar-refractivity contribution in [2.45, 2.75) is 19.4 Å². The second kappa shape index (κ2) is 7.47. The molecule has 1 aliphatic heterocycles. The monoisotopic (exact) mass is 355 g/mol. The predicted octanol–water partition coefficient (Wildman–Crippen LogP) is 2.84. The highest BCUT2D eigenvalue weighted by Crippen LogP contribution is 2.32. The molecule has 6 nitrogen and oxygen atoms in total. The lowest BCUT2D eigenvalue weighted by molar-refractivity contribution is -0.126. The molecule has 0 saturated carbocycles. The third kappa shape index (κ3) is 3.22. The molecule has 6 heteroatoms. The number of carbonyl (C=O) groups excluding carboxylic acids is 2. The Hall–Kier alpha value is -3.02. The average molecular weight is 355 g/mol. The summed E-state index contributed by atoms with van der Waals surface area (Å²) < 4.78 is 15.8. The van der Waals surface area contributed by atoms with Gasteiger partial charge in [0.15, 0.2) is 17.6 Å². The van der Waals surface area contributed by atoms with Gasteiger partial charge in [-0.2, -0.15) is 0 Å². The van der Waals surface area contributed by atoms with Crippen molar-refractivity contribution in [2.24, 2.45) is 0 Å². The smallest absolute Gasteiger partial charge is 0.342 e. The van der Waals surface area contributed by atoms with Gasteiger partial charge in [-0.25, -0.2) is 4.79 Å². The van der Waals surface area contributed by atoms with Crippen LogP contribution in [0.3, 0.4) is 0 Å². The molecule has 136 valence electrons. The van der Waals surface area contributed by atoms with E-state index in [9.17, 15) is 9.59 Å². The number of amides is 1. The molecule has 3 rings (SSSR count). The van der Waals surface area contributed by atoms with Gasteiger partial charge < -0.3 is 19.1 Å². The van der Waals surface area contributed by atoms with Gasteiger partial charge in [0.2, 0.25) is 0 Å². The van der Waals surface area contributed by atoms with Gasteiger partial charge in [-0.15, -0.1) is 0 Å². The fraction of sp³-hybridized carbons (Fsp3) is 0.300. The summed E-state index contributed by atoms with van der Waals surface area (Å²) >= 11 is 0. The highest BCUT2D eigenvalue weighted by molar-refractivity contribution is 6.01. The van der Waals surface area contributed by atoms with E-state index >= 15 is 0 Å². The summed E-state index contributed by atoms with van der Waals surface area (Å²) in [6.07, 6.45) is -0.115. The molecule has 0 spiro atoms. The van der Waals surface area contributed by atoms with Crippen molar-refractivity contribution in [3.05, 3.63) is 53.6 Å². The Morgan fingerprint density at radius 2 is 1.81 bits per heavy atom. The van der Waals surface area contributed by atoms with Crippen molar-refractivity contribution in [1.29, 1.82) is 0 Å². The zero-order valence-corrected chi connectivity index (χ0v) is 15.0. The number of rotatable bonds is 5. The number of hydrogen-bond donors (Lipinski definition) is 0. The van der Waals surface area contributed by atoms with Crippen molar-refractivity contribution in [2.75, 3.05) is 25.7 Å². The van der Waals surface area contributed by atoms with E-state index in [1.807, 2.05) is 24.3 Å². The summed E-state index contributed by atoms with van der Waals surface area (Å²) in [5.74, 6) is -0.167. The number of benzene rings is 2. The lowest BCUT2D eigenvalue weighted by Gasteiger charge is -2.22. The first-order valence-corrected chi connectivity index (χ1v) is 8.38. The van der Waals surface area contributed by atoms with Gasteiger partial charge >= 0.3 is 5.97 Å². The zero-order chi connectivity index (χ0) is 18.7. The SMILES string of the molecule is COc1cccc(C(=O)O[C@H](C)C(=O)N2CCc3ccccc32)c1OC. The van der Waals surface area contributed by atoms with Gasteiger partial charge in [-0.3, -0.25) is 4.79 Å². The molecule has 1 heterocycles. The Kier molecular flexibility index (Phi) is 5.11. The van der Waals surface area contributed by atoms with Crippen molar-refractivity contribution >= 4 is 17.6 Å². The van der Waals surface area contributed by atoms with Gasteiger partial charge in [0.25, 0.3) is 5.91 Å². The molecular formula is C20H21NO5. The summed E-state index contributed by atoms with van der Waals surface area (Å²) in [5, 5.41) is 0. The summed E-state index contributed by atoms with van der Waals surface area (Å²) in [4.78, 5) is 26.9. The Balaban J connectivity index is 1.75. The van der Waals surface area contributed by atoms with Gasteiger partial charge in [-0.1, -0.05) is 24.3 Å². The number of ether oxygens (including phenoxy) is 3. The van der Waals surface area contributed by atoms with Crippen LogP contribution in [0.15, 0.2) is 42.5 Å². The van der Waals surface area contributed by atoms with E-state index < -0.39 is 12.1 Å². The average Bonchev–Trinajstić information content (AvgIpc) is 3.10. The van der Waals surface area contributed by atoms with Crippen molar-refractivity contribution in [3.63, 3.8) is 0 Å². The Morgan fingerprint density at radius 1 is 1.04 bits per heavy atom. The normalized spacial score (nSPS) is 13.7. The first-order chi connectivity index (χ1) is 12.6. The number of para-hydroxylation sites is 2. The Labute approximate surface area is 152 Å². The van der Waals surface area contributed by atoms with Gasteiger partial charge in [0, 0.05) is 12.2 Å². The summed E-state index contributed by atoms with van der Waals surface area (Å²) in [5.41, 5.74) is 2.21. The van der Waals surface area contributed by atoms with E-state index in [1.165, 1.54) is 14.2 Å². The lowest BCUT2D eigenvalue weighted by Crippen LogP contribution is -2.39. The second-order valence-electron chi connectivity index (χ2n) is 5.96. The minimum absolute atomic E-state index is 0.216.